The monoisotopic (exact) mass is 264 g/mol. The highest BCUT2D eigenvalue weighted by Gasteiger charge is 2.03. The standard InChI is InChI=1S/C12H13ClN4O/c1-14-11-6-12(16-7-15-11)17-8-3-4-9(13)10(5-8)18-2/h3-7H,1-2H3,(H2,14,15,16,17). The number of nitrogens with zero attached hydrogens (tertiary/aromatic N) is 2. The molecule has 0 spiro atoms. The van der Waals surface area contributed by atoms with E-state index in [1.807, 2.05) is 12.1 Å². The van der Waals surface area contributed by atoms with Gasteiger partial charge in [-0.2, -0.15) is 0 Å². The van der Waals surface area contributed by atoms with Crippen molar-refractivity contribution in [2.45, 2.75) is 0 Å². The van der Waals surface area contributed by atoms with Crippen LogP contribution in [0.1, 0.15) is 0 Å². The minimum atomic E-state index is 0.571. The Kier molecular flexibility index (Phi) is 3.84. The maximum Gasteiger partial charge on any atom is 0.139 e. The normalized spacial score (nSPS) is 9.94. The minimum absolute atomic E-state index is 0.571. The molecule has 1 aromatic carbocycles. The molecule has 2 N–H and O–H groups in total. The Morgan fingerprint density at radius 1 is 1.17 bits per heavy atom. The fourth-order valence-electron chi connectivity index (χ4n) is 1.45. The average molecular weight is 265 g/mol. The highest BCUT2D eigenvalue weighted by molar-refractivity contribution is 6.32. The Labute approximate surface area is 110 Å². The third kappa shape index (κ3) is 2.81. The number of methoxy groups -OCH3 is 1. The fraction of sp³-hybridized carbons (Fsp3) is 0.167. The second-order valence-corrected chi connectivity index (χ2v) is 3.92. The molecule has 0 fully saturated rings. The number of hydrogen-bond acceptors (Lipinski definition) is 5. The van der Waals surface area contributed by atoms with Gasteiger partial charge >= 0.3 is 0 Å². The van der Waals surface area contributed by atoms with Gasteiger partial charge in [0.15, 0.2) is 0 Å². The number of rotatable bonds is 4. The Hall–Kier alpha value is -2.01. The van der Waals surface area contributed by atoms with E-state index in [1.165, 1.54) is 6.33 Å². The van der Waals surface area contributed by atoms with E-state index >= 15 is 0 Å². The number of nitrogens with one attached hydrogen (secondary N) is 2. The van der Waals surface area contributed by atoms with Gasteiger partial charge < -0.3 is 15.4 Å². The molecule has 0 bridgehead atoms. The molecule has 0 saturated heterocycles. The molecule has 1 heterocycles. The second-order valence-electron chi connectivity index (χ2n) is 3.51. The van der Waals surface area contributed by atoms with Crippen LogP contribution in [0, 0.1) is 0 Å². The van der Waals surface area contributed by atoms with Crippen LogP contribution in [0.2, 0.25) is 5.02 Å². The van der Waals surface area contributed by atoms with Gasteiger partial charge in [-0.1, -0.05) is 11.6 Å². The van der Waals surface area contributed by atoms with Crippen molar-refractivity contribution >= 4 is 28.9 Å². The number of aromatic nitrogens is 2. The summed E-state index contributed by atoms with van der Waals surface area (Å²) in [5, 5.41) is 6.67. The molecule has 6 heteroatoms. The first-order chi connectivity index (χ1) is 8.72. The highest BCUT2D eigenvalue weighted by Crippen LogP contribution is 2.28. The van der Waals surface area contributed by atoms with Gasteiger partial charge in [-0.25, -0.2) is 9.97 Å². The van der Waals surface area contributed by atoms with E-state index in [4.69, 9.17) is 16.3 Å². The molecule has 0 saturated carbocycles. The lowest BCUT2D eigenvalue weighted by Crippen LogP contribution is -1.98. The van der Waals surface area contributed by atoms with Crippen LogP contribution >= 0.6 is 11.6 Å². The molecule has 0 radical (unpaired) electrons. The van der Waals surface area contributed by atoms with Gasteiger partial charge in [0, 0.05) is 24.9 Å². The maximum atomic E-state index is 5.96. The summed E-state index contributed by atoms with van der Waals surface area (Å²) >= 11 is 5.96. The summed E-state index contributed by atoms with van der Waals surface area (Å²) in [5.74, 6) is 2.05. The summed E-state index contributed by atoms with van der Waals surface area (Å²) in [6.07, 6.45) is 1.49. The van der Waals surface area contributed by atoms with Crippen LogP contribution in [0.5, 0.6) is 5.75 Å². The van der Waals surface area contributed by atoms with E-state index in [0.29, 0.717) is 16.6 Å². The van der Waals surface area contributed by atoms with Crippen LogP contribution in [0.3, 0.4) is 0 Å². The molecule has 0 aliphatic heterocycles. The third-order valence-electron chi connectivity index (χ3n) is 2.35. The third-order valence-corrected chi connectivity index (χ3v) is 2.66. The Morgan fingerprint density at radius 2 is 1.94 bits per heavy atom. The molecular formula is C12H13ClN4O. The zero-order chi connectivity index (χ0) is 13.0. The van der Waals surface area contributed by atoms with E-state index in [-0.39, 0.29) is 0 Å². The number of anilines is 3. The zero-order valence-corrected chi connectivity index (χ0v) is 10.8. The Morgan fingerprint density at radius 3 is 2.67 bits per heavy atom. The van der Waals surface area contributed by atoms with Crippen molar-refractivity contribution < 1.29 is 4.74 Å². The zero-order valence-electron chi connectivity index (χ0n) is 10.1. The molecule has 0 amide bonds. The molecule has 2 rings (SSSR count). The van der Waals surface area contributed by atoms with E-state index in [9.17, 15) is 0 Å². The first-order valence-electron chi connectivity index (χ1n) is 5.33. The first kappa shape index (κ1) is 12.4. The Bertz CT molecular complexity index is 547. The molecule has 94 valence electrons. The number of ether oxygens (including phenoxy) is 1. The van der Waals surface area contributed by atoms with Gasteiger partial charge in [0.25, 0.3) is 0 Å². The SMILES string of the molecule is CNc1cc(Nc2ccc(Cl)c(OC)c2)ncn1. The largest absolute Gasteiger partial charge is 0.495 e. The van der Waals surface area contributed by atoms with Crippen molar-refractivity contribution in [3.8, 4) is 5.75 Å². The summed E-state index contributed by atoms with van der Waals surface area (Å²) in [6, 6.07) is 7.24. The minimum Gasteiger partial charge on any atom is -0.495 e. The number of halogens is 1. The second kappa shape index (κ2) is 5.55. The van der Waals surface area contributed by atoms with Gasteiger partial charge in [0.05, 0.1) is 12.1 Å². The van der Waals surface area contributed by atoms with Crippen molar-refractivity contribution in [3.05, 3.63) is 35.6 Å². The summed E-state index contributed by atoms with van der Waals surface area (Å²) in [7, 11) is 3.38. The summed E-state index contributed by atoms with van der Waals surface area (Å²) in [4.78, 5) is 8.16. The van der Waals surface area contributed by atoms with Crippen LogP contribution in [-0.2, 0) is 0 Å². The van der Waals surface area contributed by atoms with Crippen molar-refractivity contribution in [1.29, 1.82) is 0 Å². The smallest absolute Gasteiger partial charge is 0.139 e. The van der Waals surface area contributed by atoms with E-state index in [0.717, 1.165) is 11.5 Å². The van der Waals surface area contributed by atoms with Gasteiger partial charge in [0.2, 0.25) is 0 Å². The molecule has 18 heavy (non-hydrogen) atoms. The summed E-state index contributed by atoms with van der Waals surface area (Å²) < 4.78 is 5.15. The highest BCUT2D eigenvalue weighted by atomic mass is 35.5. The quantitative estimate of drug-likeness (QED) is 0.889. The molecule has 1 aromatic heterocycles. The Balaban J connectivity index is 2.22. The van der Waals surface area contributed by atoms with Crippen LogP contribution in [-0.4, -0.2) is 24.1 Å². The van der Waals surface area contributed by atoms with Crippen molar-refractivity contribution in [1.82, 2.24) is 9.97 Å². The first-order valence-corrected chi connectivity index (χ1v) is 5.71. The number of benzene rings is 1. The molecule has 5 nitrogen and oxygen atoms in total. The average Bonchev–Trinajstić information content (AvgIpc) is 2.41. The van der Waals surface area contributed by atoms with E-state index in [1.54, 1.807) is 26.3 Å². The lowest BCUT2D eigenvalue weighted by atomic mass is 10.3. The van der Waals surface area contributed by atoms with Crippen molar-refractivity contribution in [2.24, 2.45) is 0 Å². The van der Waals surface area contributed by atoms with Gasteiger partial charge in [-0.05, 0) is 12.1 Å². The fourth-order valence-corrected chi connectivity index (χ4v) is 1.64. The molecule has 0 aliphatic rings. The van der Waals surface area contributed by atoms with Crippen molar-refractivity contribution in [2.75, 3.05) is 24.8 Å². The number of hydrogen-bond donors (Lipinski definition) is 2. The van der Waals surface area contributed by atoms with Crippen LogP contribution in [0.4, 0.5) is 17.3 Å². The van der Waals surface area contributed by atoms with Crippen LogP contribution in [0.25, 0.3) is 0 Å². The molecule has 0 atom stereocenters. The molecule has 0 aliphatic carbocycles. The van der Waals surface area contributed by atoms with Gasteiger partial charge in [-0.15, -0.1) is 0 Å². The summed E-state index contributed by atoms with van der Waals surface area (Å²) in [6.45, 7) is 0. The lowest BCUT2D eigenvalue weighted by Gasteiger charge is -2.09. The maximum absolute atomic E-state index is 5.96. The van der Waals surface area contributed by atoms with Crippen LogP contribution < -0.4 is 15.4 Å². The van der Waals surface area contributed by atoms with Gasteiger partial charge in [0.1, 0.15) is 23.7 Å². The van der Waals surface area contributed by atoms with Crippen molar-refractivity contribution in [3.63, 3.8) is 0 Å². The topological polar surface area (TPSA) is 59.1 Å². The lowest BCUT2D eigenvalue weighted by molar-refractivity contribution is 0.415. The van der Waals surface area contributed by atoms with E-state index in [2.05, 4.69) is 20.6 Å². The molecule has 0 unspecified atom stereocenters. The van der Waals surface area contributed by atoms with E-state index < -0.39 is 0 Å². The predicted molar refractivity (Wildman–Crippen MR) is 72.9 cm³/mol. The van der Waals surface area contributed by atoms with Crippen LogP contribution in [0.15, 0.2) is 30.6 Å². The van der Waals surface area contributed by atoms with Gasteiger partial charge in [-0.3, -0.25) is 0 Å². The molecule has 2 aromatic rings. The predicted octanol–water partition coefficient (Wildman–Crippen LogP) is 2.92. The molecular weight excluding hydrogens is 252 g/mol. The summed E-state index contributed by atoms with van der Waals surface area (Å²) in [5.41, 5.74) is 0.844.